The predicted molar refractivity (Wildman–Crippen MR) is 146 cm³/mol. The second-order valence-corrected chi connectivity index (χ2v) is 8.97. The van der Waals surface area contributed by atoms with Crippen molar-refractivity contribution >= 4 is 5.69 Å². The maximum atomic E-state index is 6.07. The van der Waals surface area contributed by atoms with Gasteiger partial charge in [0.1, 0.15) is 17.2 Å². The molecule has 1 N–H and O–H groups in total. The number of nitrogens with one attached hydrogen (secondary N) is 1. The molecule has 1 aliphatic heterocycles. The Balaban J connectivity index is 1.18. The summed E-state index contributed by atoms with van der Waals surface area (Å²) in [7, 11) is 3.36. The molecule has 7 nitrogen and oxygen atoms in total. The SMILES string of the molecule is COc1ccc(COC[C@H]2CNCCN2c2ccc(OCCCOCc3ccccc3OC)cc2)cc1. The van der Waals surface area contributed by atoms with Gasteiger partial charge in [-0.15, -0.1) is 0 Å². The fourth-order valence-corrected chi connectivity index (χ4v) is 4.37. The molecule has 0 amide bonds. The van der Waals surface area contributed by atoms with E-state index in [2.05, 4.69) is 22.3 Å². The zero-order valence-corrected chi connectivity index (χ0v) is 21.9. The Labute approximate surface area is 220 Å². The lowest BCUT2D eigenvalue weighted by atomic mass is 10.1. The summed E-state index contributed by atoms with van der Waals surface area (Å²) in [5, 5.41) is 3.49. The highest BCUT2D eigenvalue weighted by molar-refractivity contribution is 5.50. The van der Waals surface area contributed by atoms with Gasteiger partial charge in [0.15, 0.2) is 0 Å². The van der Waals surface area contributed by atoms with E-state index in [-0.39, 0.29) is 6.04 Å². The Morgan fingerprint density at radius 2 is 1.59 bits per heavy atom. The number of hydrogen-bond donors (Lipinski definition) is 1. The molecule has 0 bridgehead atoms. The summed E-state index contributed by atoms with van der Waals surface area (Å²) in [4.78, 5) is 2.42. The number of nitrogens with zero attached hydrogens (tertiary/aromatic N) is 1. The van der Waals surface area contributed by atoms with Crippen LogP contribution < -0.4 is 24.4 Å². The van der Waals surface area contributed by atoms with Crippen LogP contribution in [0.25, 0.3) is 0 Å². The number of hydrogen-bond acceptors (Lipinski definition) is 7. The molecule has 0 aliphatic carbocycles. The molecular formula is C30H38N2O5. The van der Waals surface area contributed by atoms with Crippen LogP contribution in [0, 0.1) is 0 Å². The van der Waals surface area contributed by atoms with E-state index in [1.807, 2.05) is 60.7 Å². The van der Waals surface area contributed by atoms with E-state index >= 15 is 0 Å². The molecule has 0 saturated carbocycles. The van der Waals surface area contributed by atoms with Gasteiger partial charge in [-0.2, -0.15) is 0 Å². The molecule has 7 heteroatoms. The van der Waals surface area contributed by atoms with Gasteiger partial charge in [-0.1, -0.05) is 30.3 Å². The van der Waals surface area contributed by atoms with E-state index in [1.54, 1.807) is 14.2 Å². The molecule has 1 aliphatic rings. The second kappa shape index (κ2) is 14.5. The van der Waals surface area contributed by atoms with Crippen molar-refractivity contribution in [2.24, 2.45) is 0 Å². The van der Waals surface area contributed by atoms with Crippen molar-refractivity contribution in [1.82, 2.24) is 5.32 Å². The Morgan fingerprint density at radius 1 is 0.811 bits per heavy atom. The van der Waals surface area contributed by atoms with E-state index in [1.165, 1.54) is 5.69 Å². The van der Waals surface area contributed by atoms with Crippen LogP contribution in [-0.2, 0) is 22.7 Å². The molecule has 37 heavy (non-hydrogen) atoms. The summed E-state index contributed by atoms with van der Waals surface area (Å²) in [5.41, 5.74) is 3.38. The van der Waals surface area contributed by atoms with E-state index in [4.69, 9.17) is 23.7 Å². The number of para-hydroxylation sites is 1. The Morgan fingerprint density at radius 3 is 2.38 bits per heavy atom. The van der Waals surface area contributed by atoms with Crippen LogP contribution in [0.15, 0.2) is 72.8 Å². The van der Waals surface area contributed by atoms with Crippen LogP contribution in [0.3, 0.4) is 0 Å². The Kier molecular flexibility index (Phi) is 10.5. The van der Waals surface area contributed by atoms with Gasteiger partial charge in [0.25, 0.3) is 0 Å². The van der Waals surface area contributed by atoms with Crippen molar-refractivity contribution in [2.75, 3.05) is 58.6 Å². The molecule has 1 saturated heterocycles. The van der Waals surface area contributed by atoms with Gasteiger partial charge in [0, 0.05) is 37.3 Å². The lowest BCUT2D eigenvalue weighted by Gasteiger charge is -2.38. The second-order valence-electron chi connectivity index (χ2n) is 8.97. The lowest BCUT2D eigenvalue weighted by Crippen LogP contribution is -2.53. The summed E-state index contributed by atoms with van der Waals surface area (Å²) in [6.07, 6.45) is 0.822. The molecule has 0 unspecified atom stereocenters. The van der Waals surface area contributed by atoms with E-state index in [0.717, 1.165) is 54.4 Å². The number of rotatable bonds is 14. The van der Waals surface area contributed by atoms with Crippen LogP contribution in [-0.4, -0.2) is 59.7 Å². The van der Waals surface area contributed by atoms with Crippen LogP contribution in [0.5, 0.6) is 17.2 Å². The monoisotopic (exact) mass is 506 g/mol. The molecule has 198 valence electrons. The standard InChI is InChI=1S/C30H38N2O5/c1-33-28-12-8-24(9-13-28)21-36-23-27-20-31-16-17-32(27)26-10-14-29(15-11-26)37-19-5-18-35-22-25-6-3-4-7-30(25)34-2/h3-4,6-15,27,31H,5,16-23H2,1-2H3/t27-/m1/s1. The molecule has 3 aromatic rings. The first kappa shape index (κ1) is 26.8. The summed E-state index contributed by atoms with van der Waals surface area (Å²) < 4.78 is 28.4. The molecule has 1 atom stereocenters. The third-order valence-corrected chi connectivity index (χ3v) is 6.41. The predicted octanol–water partition coefficient (Wildman–Crippen LogP) is 4.68. The minimum atomic E-state index is 0.277. The van der Waals surface area contributed by atoms with Crippen molar-refractivity contribution in [1.29, 1.82) is 0 Å². The molecule has 1 fully saturated rings. The highest BCUT2D eigenvalue weighted by Crippen LogP contribution is 2.23. The topological polar surface area (TPSA) is 61.4 Å². The van der Waals surface area contributed by atoms with Crippen molar-refractivity contribution in [2.45, 2.75) is 25.7 Å². The average molecular weight is 507 g/mol. The fourth-order valence-electron chi connectivity index (χ4n) is 4.37. The largest absolute Gasteiger partial charge is 0.497 e. The quantitative estimate of drug-likeness (QED) is 0.319. The van der Waals surface area contributed by atoms with E-state index in [0.29, 0.717) is 33.0 Å². The molecular weight excluding hydrogens is 468 g/mol. The zero-order valence-electron chi connectivity index (χ0n) is 21.9. The first-order chi connectivity index (χ1) is 18.3. The van der Waals surface area contributed by atoms with Gasteiger partial charge in [-0.05, 0) is 48.0 Å². The van der Waals surface area contributed by atoms with Gasteiger partial charge in [0.2, 0.25) is 0 Å². The number of piperazine rings is 1. The summed E-state index contributed by atoms with van der Waals surface area (Å²) in [6, 6.07) is 24.6. The van der Waals surface area contributed by atoms with Crippen molar-refractivity contribution < 1.29 is 23.7 Å². The number of ether oxygens (including phenoxy) is 5. The first-order valence-corrected chi connectivity index (χ1v) is 12.9. The van der Waals surface area contributed by atoms with Gasteiger partial charge < -0.3 is 33.9 Å². The Bertz CT molecular complexity index is 1060. The first-order valence-electron chi connectivity index (χ1n) is 12.9. The number of methoxy groups -OCH3 is 2. The van der Waals surface area contributed by atoms with Crippen LogP contribution in [0.4, 0.5) is 5.69 Å². The summed E-state index contributed by atoms with van der Waals surface area (Å²) >= 11 is 0. The number of anilines is 1. The third-order valence-electron chi connectivity index (χ3n) is 6.41. The van der Waals surface area contributed by atoms with Gasteiger partial charge >= 0.3 is 0 Å². The minimum absolute atomic E-state index is 0.277. The Hall–Kier alpha value is -3.26. The average Bonchev–Trinajstić information content (AvgIpc) is 2.96. The smallest absolute Gasteiger partial charge is 0.124 e. The van der Waals surface area contributed by atoms with Crippen molar-refractivity contribution in [3.05, 3.63) is 83.9 Å². The molecule has 3 aromatic carbocycles. The highest BCUT2D eigenvalue weighted by Gasteiger charge is 2.22. The maximum absolute atomic E-state index is 6.07. The highest BCUT2D eigenvalue weighted by atomic mass is 16.5. The molecule has 4 rings (SSSR count). The fraction of sp³-hybridized carbons (Fsp3) is 0.400. The molecule has 0 aromatic heterocycles. The van der Waals surface area contributed by atoms with Crippen LogP contribution in [0.2, 0.25) is 0 Å². The van der Waals surface area contributed by atoms with Gasteiger partial charge in [-0.3, -0.25) is 0 Å². The lowest BCUT2D eigenvalue weighted by molar-refractivity contribution is 0.102. The molecule has 0 radical (unpaired) electrons. The maximum Gasteiger partial charge on any atom is 0.124 e. The van der Waals surface area contributed by atoms with Crippen LogP contribution >= 0.6 is 0 Å². The minimum Gasteiger partial charge on any atom is -0.497 e. The molecule has 1 heterocycles. The number of benzene rings is 3. The van der Waals surface area contributed by atoms with E-state index in [9.17, 15) is 0 Å². The van der Waals surface area contributed by atoms with Crippen molar-refractivity contribution in [3.8, 4) is 17.2 Å². The molecule has 0 spiro atoms. The normalized spacial score (nSPS) is 15.4. The summed E-state index contributed by atoms with van der Waals surface area (Å²) in [6.45, 7) is 5.83. The van der Waals surface area contributed by atoms with Gasteiger partial charge in [-0.25, -0.2) is 0 Å². The third kappa shape index (κ3) is 8.12. The zero-order chi connectivity index (χ0) is 25.7. The van der Waals surface area contributed by atoms with Gasteiger partial charge in [0.05, 0.1) is 53.3 Å². The summed E-state index contributed by atoms with van der Waals surface area (Å²) in [5.74, 6) is 2.58. The van der Waals surface area contributed by atoms with Crippen molar-refractivity contribution in [3.63, 3.8) is 0 Å². The van der Waals surface area contributed by atoms with Crippen LogP contribution in [0.1, 0.15) is 17.5 Å². The van der Waals surface area contributed by atoms with E-state index < -0.39 is 0 Å².